The van der Waals surface area contributed by atoms with Gasteiger partial charge in [0.15, 0.2) is 11.5 Å². The zero-order valence-corrected chi connectivity index (χ0v) is 18.5. The molecule has 1 aromatic heterocycles. The van der Waals surface area contributed by atoms with Gasteiger partial charge in [-0.15, -0.1) is 11.8 Å². The molecule has 0 unspecified atom stereocenters. The number of nitrogens with one attached hydrogen (secondary N) is 2. The first-order valence-corrected chi connectivity index (χ1v) is 11.3. The molecule has 1 amide bonds. The lowest BCUT2D eigenvalue weighted by atomic mass is 9.96. The summed E-state index contributed by atoms with van der Waals surface area (Å²) in [4.78, 5) is 13.0. The summed E-state index contributed by atoms with van der Waals surface area (Å²) in [5.74, 6) is 0.214. The van der Waals surface area contributed by atoms with Gasteiger partial charge in [-0.1, -0.05) is 13.0 Å². The van der Waals surface area contributed by atoms with Crippen LogP contribution in [0.5, 0.6) is 11.5 Å². The number of phenols is 2. The van der Waals surface area contributed by atoms with Crippen LogP contribution in [-0.2, 0) is 11.2 Å². The van der Waals surface area contributed by atoms with E-state index in [1.807, 2.05) is 32.1 Å². The third kappa shape index (κ3) is 5.88. The molecule has 2 heterocycles. The van der Waals surface area contributed by atoms with E-state index in [4.69, 9.17) is 0 Å². The molecule has 0 saturated carbocycles. The number of hydrogen-bond donors (Lipinski definition) is 4. The average Bonchev–Trinajstić information content (AvgIpc) is 3.16. The van der Waals surface area contributed by atoms with Crippen LogP contribution < -0.4 is 10.5 Å². The van der Waals surface area contributed by atoms with E-state index in [9.17, 15) is 19.3 Å². The Morgan fingerprint density at radius 1 is 1.29 bits per heavy atom. The van der Waals surface area contributed by atoms with Crippen LogP contribution in [0.15, 0.2) is 52.6 Å². The van der Waals surface area contributed by atoms with Crippen molar-refractivity contribution in [3.8, 4) is 11.5 Å². The molecular formula is C22H27BFN3O3S. The first-order chi connectivity index (χ1) is 14.9. The number of aromatic nitrogens is 1. The van der Waals surface area contributed by atoms with Crippen LogP contribution in [0.1, 0.15) is 38.1 Å². The van der Waals surface area contributed by atoms with Crippen molar-refractivity contribution in [1.82, 2.24) is 15.0 Å². The van der Waals surface area contributed by atoms with Crippen LogP contribution >= 0.6 is 11.8 Å². The molecule has 0 bridgehead atoms. The number of fused-ring (bicyclic) bond motifs is 1. The maximum atomic E-state index is 14.8. The second-order valence-corrected chi connectivity index (χ2v) is 8.47. The molecule has 6 nitrogen and oxygen atoms in total. The molecule has 3 rings (SSSR count). The maximum Gasteiger partial charge on any atom is 0.589 e. The zero-order valence-electron chi connectivity index (χ0n) is 17.7. The third-order valence-electron chi connectivity index (χ3n) is 5.01. The zero-order chi connectivity index (χ0) is 22.4. The van der Waals surface area contributed by atoms with Crippen LogP contribution in [-0.4, -0.2) is 40.2 Å². The summed E-state index contributed by atoms with van der Waals surface area (Å²) in [6.45, 7) is 4.48. The molecule has 0 aliphatic carbocycles. The van der Waals surface area contributed by atoms with E-state index in [0.717, 1.165) is 34.0 Å². The Morgan fingerprint density at radius 2 is 2.10 bits per heavy atom. The minimum Gasteiger partial charge on any atom is -0.504 e. The second kappa shape index (κ2) is 10.5. The van der Waals surface area contributed by atoms with Crippen molar-refractivity contribution in [2.45, 2.75) is 38.0 Å². The SMILES string of the molecule is CC/C=C(/C)C1=Cc2ccc(CCC(=O)NCCSc3ccc(O)c(O)c3)n2B(F)N1. The molecule has 1 aliphatic heterocycles. The topological polar surface area (TPSA) is 86.5 Å². The summed E-state index contributed by atoms with van der Waals surface area (Å²) in [7, 11) is -1.36. The monoisotopic (exact) mass is 443 g/mol. The number of rotatable bonds is 9. The fraction of sp³-hybridized carbons (Fsp3) is 0.318. The highest BCUT2D eigenvalue weighted by Crippen LogP contribution is 2.29. The van der Waals surface area contributed by atoms with Gasteiger partial charge in [0.1, 0.15) is 0 Å². The smallest absolute Gasteiger partial charge is 0.504 e. The Kier molecular flexibility index (Phi) is 7.73. The first-order valence-electron chi connectivity index (χ1n) is 10.3. The molecule has 1 aliphatic rings. The number of aryl methyl sites for hydroxylation is 1. The van der Waals surface area contributed by atoms with Crippen LogP contribution in [0.3, 0.4) is 0 Å². The molecule has 0 atom stereocenters. The highest BCUT2D eigenvalue weighted by Gasteiger charge is 2.28. The minimum absolute atomic E-state index is 0.0955. The Labute approximate surface area is 186 Å². The van der Waals surface area contributed by atoms with Gasteiger partial charge in [0.05, 0.1) is 0 Å². The van der Waals surface area contributed by atoms with Crippen molar-refractivity contribution in [3.05, 3.63) is 59.1 Å². The summed E-state index contributed by atoms with van der Waals surface area (Å²) >= 11 is 1.47. The van der Waals surface area contributed by atoms with E-state index in [-0.39, 0.29) is 23.8 Å². The van der Waals surface area contributed by atoms with Gasteiger partial charge in [0, 0.05) is 40.7 Å². The number of nitrogens with zero attached hydrogens (tertiary/aromatic N) is 1. The van der Waals surface area contributed by atoms with Crippen molar-refractivity contribution in [1.29, 1.82) is 0 Å². The van der Waals surface area contributed by atoms with E-state index >= 15 is 0 Å². The molecule has 31 heavy (non-hydrogen) atoms. The Hall–Kier alpha value is -2.81. The highest BCUT2D eigenvalue weighted by atomic mass is 32.2. The molecule has 9 heteroatoms. The van der Waals surface area contributed by atoms with E-state index in [1.54, 1.807) is 10.5 Å². The number of carbonyl (C=O) groups excluding carboxylic acids is 1. The van der Waals surface area contributed by atoms with E-state index in [0.29, 0.717) is 18.7 Å². The van der Waals surface area contributed by atoms with Crippen molar-refractivity contribution in [2.24, 2.45) is 0 Å². The lowest BCUT2D eigenvalue weighted by Gasteiger charge is -2.22. The van der Waals surface area contributed by atoms with Gasteiger partial charge >= 0.3 is 7.26 Å². The fourth-order valence-corrected chi connectivity index (χ4v) is 4.21. The Morgan fingerprint density at radius 3 is 2.84 bits per heavy atom. The average molecular weight is 443 g/mol. The Bertz CT molecular complexity index is 1010. The summed E-state index contributed by atoms with van der Waals surface area (Å²) in [6.07, 6.45) is 5.59. The first kappa shape index (κ1) is 22.9. The third-order valence-corrected chi connectivity index (χ3v) is 6.01. The lowest BCUT2D eigenvalue weighted by molar-refractivity contribution is -0.120. The molecule has 0 fully saturated rings. The molecule has 4 N–H and O–H groups in total. The predicted octanol–water partition coefficient (Wildman–Crippen LogP) is 3.84. The van der Waals surface area contributed by atoms with E-state index < -0.39 is 7.26 Å². The maximum absolute atomic E-state index is 14.8. The van der Waals surface area contributed by atoms with Crippen LogP contribution in [0, 0.1) is 0 Å². The lowest BCUT2D eigenvalue weighted by Crippen LogP contribution is -2.41. The Balaban J connectivity index is 1.48. The normalized spacial score (nSPS) is 13.5. The van der Waals surface area contributed by atoms with Gasteiger partial charge in [0.25, 0.3) is 0 Å². The van der Waals surface area contributed by atoms with Crippen LogP contribution in [0.2, 0.25) is 0 Å². The van der Waals surface area contributed by atoms with Crippen LogP contribution in [0.25, 0.3) is 6.08 Å². The number of thioether (sulfide) groups is 1. The van der Waals surface area contributed by atoms with Gasteiger partial charge in [-0.2, -0.15) is 0 Å². The molecule has 1 aromatic carbocycles. The minimum atomic E-state index is -1.36. The predicted molar refractivity (Wildman–Crippen MR) is 124 cm³/mol. The summed E-state index contributed by atoms with van der Waals surface area (Å²) < 4.78 is 16.3. The number of phenolic OH excluding ortho intramolecular Hbond substituents is 2. The van der Waals surface area contributed by atoms with Gasteiger partial charge in [-0.3, -0.25) is 9.11 Å². The number of allylic oxidation sites excluding steroid dienone is 2. The molecule has 2 aromatic rings. The molecule has 0 radical (unpaired) electrons. The second-order valence-electron chi connectivity index (χ2n) is 7.30. The van der Waals surface area contributed by atoms with Gasteiger partial charge in [0.2, 0.25) is 5.91 Å². The van der Waals surface area contributed by atoms with Gasteiger partial charge in [-0.25, -0.2) is 0 Å². The van der Waals surface area contributed by atoms with Gasteiger partial charge < -0.3 is 25.2 Å². The van der Waals surface area contributed by atoms with Crippen molar-refractivity contribution >= 4 is 31.0 Å². The fourth-order valence-electron chi connectivity index (χ4n) is 3.41. The number of carbonyl (C=O) groups is 1. The quantitative estimate of drug-likeness (QED) is 0.205. The summed E-state index contributed by atoms with van der Waals surface area (Å²) in [5, 5.41) is 24.6. The van der Waals surface area contributed by atoms with E-state index in [2.05, 4.69) is 16.6 Å². The summed E-state index contributed by atoms with van der Waals surface area (Å²) in [5.41, 5.74) is 3.35. The number of benzene rings is 1. The number of amides is 1. The molecule has 0 saturated heterocycles. The van der Waals surface area contributed by atoms with Crippen molar-refractivity contribution < 1.29 is 19.3 Å². The molecule has 164 valence electrons. The van der Waals surface area contributed by atoms with Crippen molar-refractivity contribution in [2.75, 3.05) is 12.3 Å². The number of aromatic hydroxyl groups is 2. The summed E-state index contributed by atoms with van der Waals surface area (Å²) in [6, 6.07) is 8.36. The van der Waals surface area contributed by atoms with Crippen molar-refractivity contribution in [3.63, 3.8) is 0 Å². The number of halogens is 1. The van der Waals surface area contributed by atoms with Crippen LogP contribution in [0.4, 0.5) is 4.32 Å². The molecular weight excluding hydrogens is 416 g/mol. The molecule has 0 spiro atoms. The largest absolute Gasteiger partial charge is 0.589 e. The van der Waals surface area contributed by atoms with Gasteiger partial charge in [-0.05, 0) is 61.7 Å². The standard InChI is InChI=1S/C22H27BFN3O3S/c1-3-4-15(2)19-13-17-6-5-16(27(17)23(24)26-19)7-10-22(30)25-11-12-31-18-8-9-20(28)21(29)14-18/h4-6,8-9,13-14,26,28-29H,3,7,10-12H2,1-2H3,(H,25,30)/b15-4-. The number of hydrogen-bond acceptors (Lipinski definition) is 5. The highest BCUT2D eigenvalue weighted by molar-refractivity contribution is 7.99. The van der Waals surface area contributed by atoms with E-state index in [1.165, 1.54) is 23.9 Å².